The van der Waals surface area contributed by atoms with Gasteiger partial charge in [0.2, 0.25) is 0 Å². The number of hydrogen-bond acceptors (Lipinski definition) is 2. The summed E-state index contributed by atoms with van der Waals surface area (Å²) in [7, 11) is 0. The molecule has 0 saturated carbocycles. The zero-order valence-electron chi connectivity index (χ0n) is 10.6. The first-order valence-corrected chi connectivity index (χ1v) is 6.55. The van der Waals surface area contributed by atoms with E-state index in [1.165, 1.54) is 13.0 Å². The Morgan fingerprint density at radius 1 is 1.37 bits per heavy atom. The lowest BCUT2D eigenvalue weighted by Gasteiger charge is -2.15. The highest BCUT2D eigenvalue weighted by molar-refractivity contribution is 14.1. The van der Waals surface area contributed by atoms with Crippen LogP contribution in [0.5, 0.6) is 5.75 Å². The van der Waals surface area contributed by atoms with Gasteiger partial charge in [-0.15, -0.1) is 0 Å². The van der Waals surface area contributed by atoms with E-state index in [9.17, 15) is 18.0 Å². The van der Waals surface area contributed by atoms with Gasteiger partial charge in [0.1, 0.15) is 5.75 Å². The molecule has 1 N–H and O–H groups in total. The van der Waals surface area contributed by atoms with E-state index in [4.69, 9.17) is 4.74 Å². The minimum atomic E-state index is -4.47. The third-order valence-electron chi connectivity index (χ3n) is 2.19. The van der Waals surface area contributed by atoms with Crippen molar-refractivity contribution in [3.05, 3.63) is 26.8 Å². The summed E-state index contributed by atoms with van der Waals surface area (Å²) in [5, 5.41) is 2.45. The number of benzene rings is 1. The molecule has 19 heavy (non-hydrogen) atoms. The van der Waals surface area contributed by atoms with Gasteiger partial charge < -0.3 is 10.1 Å². The highest BCUT2D eigenvalue weighted by Gasteiger charge is 2.33. The van der Waals surface area contributed by atoms with Gasteiger partial charge in [0, 0.05) is 6.04 Å². The number of nitrogens with one attached hydrogen (secondary N) is 1. The molecule has 106 valence electrons. The van der Waals surface area contributed by atoms with E-state index in [-0.39, 0.29) is 17.4 Å². The van der Waals surface area contributed by atoms with Crippen molar-refractivity contribution in [1.82, 2.24) is 5.32 Å². The van der Waals surface area contributed by atoms with E-state index in [2.05, 4.69) is 5.32 Å². The molecule has 0 spiro atoms. The maximum atomic E-state index is 12.7. The predicted molar refractivity (Wildman–Crippen MR) is 73.2 cm³/mol. The first-order valence-electron chi connectivity index (χ1n) is 5.47. The molecule has 0 radical (unpaired) electrons. The van der Waals surface area contributed by atoms with E-state index >= 15 is 0 Å². The van der Waals surface area contributed by atoms with Crippen LogP contribution in [0.1, 0.15) is 25.0 Å². The van der Waals surface area contributed by atoms with Gasteiger partial charge in [0.15, 0.2) is 0 Å². The summed E-state index contributed by atoms with van der Waals surface area (Å²) in [6.07, 6.45) is -5.24. The number of hydrogen-bond donors (Lipinski definition) is 1. The van der Waals surface area contributed by atoms with Crippen molar-refractivity contribution in [3.63, 3.8) is 0 Å². The molecule has 0 aromatic heterocycles. The van der Waals surface area contributed by atoms with Crippen LogP contribution in [0.15, 0.2) is 12.1 Å². The van der Waals surface area contributed by atoms with Crippen molar-refractivity contribution in [2.45, 2.75) is 33.0 Å². The molecule has 0 fully saturated rings. The standard InChI is InChI=1S/C12H13F3INO2/c1-6(2)17-11(18)19-10-5-8(12(13,14)15)7(3)4-9(10)16/h4-6H,1-3H3,(H,17,18). The molecule has 1 aromatic carbocycles. The van der Waals surface area contributed by atoms with Crippen molar-refractivity contribution in [2.75, 3.05) is 0 Å². The Morgan fingerprint density at radius 2 is 1.95 bits per heavy atom. The molecular weight excluding hydrogens is 374 g/mol. The summed E-state index contributed by atoms with van der Waals surface area (Å²) in [4.78, 5) is 11.4. The van der Waals surface area contributed by atoms with E-state index < -0.39 is 17.8 Å². The summed E-state index contributed by atoms with van der Waals surface area (Å²) in [5.74, 6) is -0.100. The van der Waals surface area contributed by atoms with Crippen LogP contribution in [-0.4, -0.2) is 12.1 Å². The third-order valence-corrected chi connectivity index (χ3v) is 3.04. The fourth-order valence-corrected chi connectivity index (χ4v) is 2.13. The van der Waals surface area contributed by atoms with Gasteiger partial charge in [0.25, 0.3) is 0 Å². The number of carbonyl (C=O) groups excluding carboxylic acids is 1. The van der Waals surface area contributed by atoms with Crippen LogP contribution in [0.25, 0.3) is 0 Å². The van der Waals surface area contributed by atoms with Crippen LogP contribution in [-0.2, 0) is 6.18 Å². The van der Waals surface area contributed by atoms with Crippen molar-refractivity contribution < 1.29 is 22.7 Å². The lowest BCUT2D eigenvalue weighted by Crippen LogP contribution is -2.33. The van der Waals surface area contributed by atoms with Crippen LogP contribution in [0.2, 0.25) is 0 Å². The van der Waals surface area contributed by atoms with Gasteiger partial charge in [-0.3, -0.25) is 0 Å². The van der Waals surface area contributed by atoms with E-state index in [1.807, 2.05) is 22.6 Å². The van der Waals surface area contributed by atoms with Crippen LogP contribution in [0.3, 0.4) is 0 Å². The number of ether oxygens (including phenoxy) is 1. The molecule has 7 heteroatoms. The molecule has 1 rings (SSSR count). The Morgan fingerprint density at radius 3 is 2.42 bits per heavy atom. The lowest BCUT2D eigenvalue weighted by atomic mass is 10.1. The fraction of sp³-hybridized carbons (Fsp3) is 0.417. The van der Waals surface area contributed by atoms with E-state index in [0.717, 1.165) is 6.07 Å². The SMILES string of the molecule is Cc1cc(I)c(OC(=O)NC(C)C)cc1C(F)(F)F. The Bertz CT molecular complexity index is 487. The van der Waals surface area contributed by atoms with Crippen LogP contribution in [0, 0.1) is 10.5 Å². The number of alkyl halides is 3. The van der Waals surface area contributed by atoms with Gasteiger partial charge in [-0.25, -0.2) is 4.79 Å². The summed E-state index contributed by atoms with van der Waals surface area (Å²) < 4.78 is 43.6. The van der Waals surface area contributed by atoms with E-state index in [0.29, 0.717) is 3.57 Å². The fourth-order valence-electron chi connectivity index (χ4n) is 1.40. The Balaban J connectivity index is 3.05. The second kappa shape index (κ2) is 5.98. The molecule has 0 aliphatic heterocycles. The highest BCUT2D eigenvalue weighted by atomic mass is 127. The summed E-state index contributed by atoms with van der Waals surface area (Å²) in [5.41, 5.74) is -0.714. The number of carbonyl (C=O) groups is 1. The molecule has 0 saturated heterocycles. The first kappa shape index (κ1) is 16.1. The van der Waals surface area contributed by atoms with Crippen molar-refractivity contribution in [1.29, 1.82) is 0 Å². The van der Waals surface area contributed by atoms with Gasteiger partial charge in [0.05, 0.1) is 9.13 Å². The Kier molecular flexibility index (Phi) is 5.05. The zero-order chi connectivity index (χ0) is 14.8. The molecule has 0 bridgehead atoms. The van der Waals surface area contributed by atoms with Crippen molar-refractivity contribution in [3.8, 4) is 5.75 Å². The topological polar surface area (TPSA) is 38.3 Å². The molecule has 0 aliphatic carbocycles. The second-order valence-electron chi connectivity index (χ2n) is 4.28. The minimum absolute atomic E-state index is 0.0912. The summed E-state index contributed by atoms with van der Waals surface area (Å²) in [6, 6.07) is 2.02. The number of rotatable bonds is 2. The number of halogens is 4. The van der Waals surface area contributed by atoms with Gasteiger partial charge in [-0.2, -0.15) is 13.2 Å². The molecule has 0 aliphatic rings. The lowest BCUT2D eigenvalue weighted by molar-refractivity contribution is -0.138. The average molecular weight is 387 g/mol. The molecule has 0 unspecified atom stereocenters. The smallest absolute Gasteiger partial charge is 0.409 e. The van der Waals surface area contributed by atoms with E-state index in [1.54, 1.807) is 13.8 Å². The van der Waals surface area contributed by atoms with Crippen LogP contribution < -0.4 is 10.1 Å². The highest BCUT2D eigenvalue weighted by Crippen LogP contribution is 2.36. The average Bonchev–Trinajstić information content (AvgIpc) is 2.18. The minimum Gasteiger partial charge on any atom is -0.409 e. The molecule has 0 heterocycles. The van der Waals surface area contributed by atoms with Gasteiger partial charge in [-0.1, -0.05) is 0 Å². The Labute approximate surface area is 122 Å². The molecule has 3 nitrogen and oxygen atoms in total. The zero-order valence-corrected chi connectivity index (χ0v) is 12.7. The molecule has 1 aromatic rings. The van der Waals surface area contributed by atoms with Crippen LogP contribution >= 0.6 is 22.6 Å². The Hall–Kier alpha value is -0.990. The summed E-state index contributed by atoms with van der Waals surface area (Å²) in [6.45, 7) is 4.81. The molecular formula is C12H13F3INO2. The van der Waals surface area contributed by atoms with Crippen molar-refractivity contribution >= 4 is 28.7 Å². The quantitative estimate of drug-likeness (QED) is 0.776. The normalized spacial score (nSPS) is 11.6. The first-order chi connectivity index (χ1) is 8.61. The monoisotopic (exact) mass is 387 g/mol. The van der Waals surface area contributed by atoms with Crippen LogP contribution in [0.4, 0.5) is 18.0 Å². The van der Waals surface area contributed by atoms with Gasteiger partial charge in [-0.05, 0) is 61.1 Å². The van der Waals surface area contributed by atoms with Gasteiger partial charge >= 0.3 is 12.3 Å². The largest absolute Gasteiger partial charge is 0.416 e. The third kappa shape index (κ3) is 4.55. The number of amides is 1. The van der Waals surface area contributed by atoms with Crippen molar-refractivity contribution in [2.24, 2.45) is 0 Å². The second-order valence-corrected chi connectivity index (χ2v) is 5.45. The predicted octanol–water partition coefficient (Wildman–Crippen LogP) is 4.12. The maximum Gasteiger partial charge on any atom is 0.416 e. The summed E-state index contributed by atoms with van der Waals surface area (Å²) >= 11 is 1.83. The number of aryl methyl sites for hydroxylation is 1. The molecule has 0 atom stereocenters. The molecule has 1 amide bonds. The maximum absolute atomic E-state index is 12.7.